The number of rotatable bonds is 21. The summed E-state index contributed by atoms with van der Waals surface area (Å²) in [4.78, 5) is 41.3. The Labute approximate surface area is 287 Å². The Morgan fingerprint density at radius 3 is 2.40 bits per heavy atom. The number of amides is 2. The molecule has 0 aromatic heterocycles. The zero-order chi connectivity index (χ0) is 35.7. The van der Waals surface area contributed by atoms with E-state index in [1.54, 1.807) is 5.43 Å². The third kappa shape index (κ3) is 11.0. The lowest BCUT2D eigenvalue weighted by atomic mass is 9.43. The van der Waals surface area contributed by atoms with Gasteiger partial charge >= 0.3 is 7.12 Å². The van der Waals surface area contributed by atoms with E-state index in [9.17, 15) is 28.1 Å². The number of aliphatic imine (C=N–C) groups is 1. The average molecular weight is 699 g/mol. The number of nitro groups is 1. The summed E-state index contributed by atoms with van der Waals surface area (Å²) in [6, 6.07) is -1.00. The van der Waals surface area contributed by atoms with Gasteiger partial charge in [-0.3, -0.25) is 9.59 Å². The maximum absolute atomic E-state index is 13.8. The van der Waals surface area contributed by atoms with Gasteiger partial charge < -0.3 is 25.7 Å². The molecule has 4 fully saturated rings. The molecule has 0 aromatic carbocycles. The largest absolute Gasteiger partial charge is 0.481 e. The molecule has 2 bridgehead atoms. The van der Waals surface area contributed by atoms with Gasteiger partial charge in [0.15, 0.2) is 14.9 Å². The smallest absolute Gasteiger partial charge is 0.404 e. The van der Waals surface area contributed by atoms with Crippen molar-refractivity contribution in [2.24, 2.45) is 33.9 Å². The van der Waals surface area contributed by atoms with Gasteiger partial charge in [0.25, 0.3) is 5.96 Å². The molecule has 16 heteroatoms. The number of nitrogens with zero attached hydrogens (tertiary/aromatic N) is 2. The second kappa shape index (κ2) is 17.5. The molecule has 3 aliphatic carbocycles. The maximum atomic E-state index is 13.8. The molecule has 4 rings (SSSR count). The molecular formula is C32H59BN6O8S. The Morgan fingerprint density at radius 2 is 1.75 bits per heavy atom. The number of sulfone groups is 1. The lowest BCUT2D eigenvalue weighted by molar-refractivity contribution is -0.525. The van der Waals surface area contributed by atoms with Crippen LogP contribution in [0.15, 0.2) is 4.99 Å². The molecule has 48 heavy (non-hydrogen) atoms. The van der Waals surface area contributed by atoms with E-state index in [2.05, 4.69) is 57.2 Å². The summed E-state index contributed by atoms with van der Waals surface area (Å²) in [5.41, 5.74) is 7.00. The molecule has 14 nitrogen and oxygen atoms in total. The Hall–Kier alpha value is -2.46. The van der Waals surface area contributed by atoms with E-state index >= 15 is 0 Å². The molecule has 4 aliphatic rings. The third-order valence-electron chi connectivity index (χ3n) is 10.6. The monoisotopic (exact) mass is 698 g/mol. The maximum Gasteiger partial charge on any atom is 0.481 e. The van der Waals surface area contributed by atoms with Crippen LogP contribution in [0, 0.1) is 33.3 Å². The molecule has 0 spiro atoms. The fourth-order valence-electron chi connectivity index (χ4n) is 7.71. The highest BCUT2D eigenvalue weighted by atomic mass is 32.2. The van der Waals surface area contributed by atoms with Crippen molar-refractivity contribution in [2.75, 3.05) is 18.1 Å². The molecule has 5 N–H and O–H groups in total. The second-order valence-corrected chi connectivity index (χ2v) is 17.5. The topological polar surface area (TPSA) is 204 Å². The normalized spacial score (nSPS) is 25.9. The number of hydrogen-bond donors (Lipinski definition) is 4. The molecule has 0 unspecified atom stereocenters. The van der Waals surface area contributed by atoms with Gasteiger partial charge in [-0.25, -0.2) is 23.5 Å². The van der Waals surface area contributed by atoms with E-state index in [4.69, 9.17) is 15.0 Å². The van der Waals surface area contributed by atoms with Crippen molar-refractivity contribution < 1.29 is 32.3 Å². The van der Waals surface area contributed by atoms with Gasteiger partial charge in [-0.05, 0) is 68.6 Å². The first-order valence-corrected chi connectivity index (χ1v) is 19.6. The average Bonchev–Trinajstić information content (AvgIpc) is 3.35. The SMILES string of the molecule is CCCCCCCCS(=O)(=O)CCC(=O)N[C@@H](CCCN=C(N)N[N+](=O)[O-])C(=O)N[C@@H](CC(C)C)B1O[C@@H]2C[C@@H]3C[C@@H](C3(C)C)[C@]2(C)O1. The molecule has 6 atom stereocenters. The van der Waals surface area contributed by atoms with E-state index < -0.39 is 51.4 Å². The highest BCUT2D eigenvalue weighted by Crippen LogP contribution is 2.65. The van der Waals surface area contributed by atoms with Gasteiger partial charge in [0.2, 0.25) is 11.8 Å². The number of unbranched alkanes of at least 4 members (excludes halogenated alkanes) is 5. The lowest BCUT2D eigenvalue weighted by Crippen LogP contribution is -2.65. The zero-order valence-corrected chi connectivity index (χ0v) is 30.6. The molecule has 274 valence electrons. The van der Waals surface area contributed by atoms with Crippen molar-refractivity contribution in [3.63, 3.8) is 0 Å². The van der Waals surface area contributed by atoms with Crippen molar-refractivity contribution in [3.05, 3.63) is 10.1 Å². The standard InChI is InChI=1S/C32H59BN6O8S/c1-7-8-9-10-11-12-17-48(44,45)18-15-28(40)36-24(14-13-16-35-30(34)38-39(42)43)29(41)37-27(19-22(2)3)33-46-26-21-23-20-25(31(23,4)5)32(26,6)47-33/h22-27H,7-21H2,1-6H3,(H,36,40)(H,37,41)(H3,34,35,38)/t23-,24-,25-,26+,27-,32-/m0/s1. The number of hydrogen-bond acceptors (Lipinski definition) is 9. The molecule has 3 saturated carbocycles. The third-order valence-corrected chi connectivity index (χ3v) is 12.3. The predicted molar refractivity (Wildman–Crippen MR) is 186 cm³/mol. The number of carbonyl (C=O) groups is 2. The van der Waals surface area contributed by atoms with Crippen LogP contribution >= 0.6 is 0 Å². The minimum Gasteiger partial charge on any atom is -0.404 e. The van der Waals surface area contributed by atoms with E-state index in [1.807, 2.05) is 0 Å². The highest BCUT2D eigenvalue weighted by molar-refractivity contribution is 7.91. The summed E-state index contributed by atoms with van der Waals surface area (Å²) < 4.78 is 38.4. The first-order valence-electron chi connectivity index (χ1n) is 17.8. The van der Waals surface area contributed by atoms with Crippen LogP contribution < -0.4 is 21.8 Å². The Kier molecular flexibility index (Phi) is 14.5. The Balaban J connectivity index is 1.64. The van der Waals surface area contributed by atoms with Crippen LogP contribution in [-0.2, 0) is 28.7 Å². The van der Waals surface area contributed by atoms with Crippen LogP contribution in [0.25, 0.3) is 0 Å². The van der Waals surface area contributed by atoms with Crippen molar-refractivity contribution in [1.82, 2.24) is 16.1 Å². The number of carbonyl (C=O) groups excluding carboxylic acids is 2. The van der Waals surface area contributed by atoms with Gasteiger partial charge in [-0.2, -0.15) is 0 Å². The van der Waals surface area contributed by atoms with Crippen molar-refractivity contribution >= 4 is 34.7 Å². The Bertz CT molecular complexity index is 1250. The van der Waals surface area contributed by atoms with E-state index in [1.165, 1.54) is 0 Å². The quantitative estimate of drug-likeness (QED) is 0.0344. The van der Waals surface area contributed by atoms with Crippen LogP contribution in [0.5, 0.6) is 0 Å². The van der Waals surface area contributed by atoms with Gasteiger partial charge in [-0.15, -0.1) is 0 Å². The fraction of sp³-hybridized carbons (Fsp3) is 0.906. The summed E-state index contributed by atoms with van der Waals surface area (Å²) >= 11 is 0. The summed E-state index contributed by atoms with van der Waals surface area (Å²) in [6.07, 6.45) is 8.43. The summed E-state index contributed by atoms with van der Waals surface area (Å²) in [7, 11) is -4.07. The van der Waals surface area contributed by atoms with Crippen molar-refractivity contribution in [3.8, 4) is 0 Å². The van der Waals surface area contributed by atoms with Crippen LogP contribution in [-0.4, -0.2) is 80.1 Å². The number of hydrazine groups is 1. The number of nitrogens with one attached hydrogen (secondary N) is 3. The minimum absolute atomic E-state index is 0.0326. The van der Waals surface area contributed by atoms with Gasteiger partial charge in [0.1, 0.15) is 6.04 Å². The number of nitrogens with two attached hydrogens (primary N) is 1. The summed E-state index contributed by atoms with van der Waals surface area (Å²) in [6.45, 7) is 13.0. The zero-order valence-electron chi connectivity index (χ0n) is 29.8. The van der Waals surface area contributed by atoms with Crippen LogP contribution in [0.3, 0.4) is 0 Å². The molecule has 1 heterocycles. The van der Waals surface area contributed by atoms with Gasteiger partial charge in [0, 0.05) is 13.0 Å². The molecule has 0 radical (unpaired) electrons. The minimum atomic E-state index is -3.42. The van der Waals surface area contributed by atoms with E-state index in [0.29, 0.717) is 24.7 Å². The fourth-order valence-corrected chi connectivity index (χ4v) is 9.06. The molecule has 0 aromatic rings. The van der Waals surface area contributed by atoms with E-state index in [0.717, 1.165) is 44.9 Å². The predicted octanol–water partition coefficient (Wildman–Crippen LogP) is 3.31. The van der Waals surface area contributed by atoms with Gasteiger partial charge in [-0.1, -0.05) is 72.1 Å². The van der Waals surface area contributed by atoms with Crippen LogP contribution in [0.1, 0.15) is 119 Å². The first kappa shape index (κ1) is 40.0. The molecule has 1 saturated heterocycles. The summed E-state index contributed by atoms with van der Waals surface area (Å²) in [5.74, 6) is -0.962. The lowest BCUT2D eigenvalue weighted by Gasteiger charge is -2.64. The highest BCUT2D eigenvalue weighted by Gasteiger charge is 2.68. The summed E-state index contributed by atoms with van der Waals surface area (Å²) in [5, 5.41) is 15.6. The molecular weight excluding hydrogens is 639 g/mol. The van der Waals surface area contributed by atoms with Crippen molar-refractivity contribution in [1.29, 1.82) is 0 Å². The van der Waals surface area contributed by atoms with Crippen molar-refractivity contribution in [2.45, 2.75) is 142 Å². The van der Waals surface area contributed by atoms with Crippen LogP contribution in [0.4, 0.5) is 0 Å². The van der Waals surface area contributed by atoms with Crippen LogP contribution in [0.2, 0.25) is 0 Å². The molecule has 2 amide bonds. The Morgan fingerprint density at radius 1 is 1.06 bits per heavy atom. The first-order chi connectivity index (χ1) is 22.5. The molecule has 1 aliphatic heterocycles. The second-order valence-electron chi connectivity index (χ2n) is 15.1. The van der Waals surface area contributed by atoms with Gasteiger partial charge in [0.05, 0.1) is 29.2 Å². The van der Waals surface area contributed by atoms with E-state index in [-0.39, 0.29) is 60.7 Å². The number of guanidine groups is 1.